The third-order valence-electron chi connectivity index (χ3n) is 3.17. The average molecular weight is 279 g/mol. The highest BCUT2D eigenvalue weighted by atomic mass is 32.1. The number of thiophene rings is 1. The number of pyridine rings is 1. The molecule has 0 aliphatic rings. The van der Waals surface area contributed by atoms with Crippen molar-refractivity contribution in [1.29, 1.82) is 5.26 Å². The number of rotatable bonds is 2. The largest absolute Gasteiger partial charge is 0.354 e. The zero-order valence-electron chi connectivity index (χ0n) is 11.3. The van der Waals surface area contributed by atoms with Crippen molar-refractivity contribution in [3.63, 3.8) is 0 Å². The van der Waals surface area contributed by atoms with E-state index >= 15 is 0 Å². The van der Waals surface area contributed by atoms with Crippen molar-refractivity contribution in [2.45, 2.75) is 13.8 Å². The van der Waals surface area contributed by atoms with Crippen LogP contribution >= 0.6 is 11.3 Å². The Labute approximate surface area is 121 Å². The predicted octanol–water partition coefficient (Wildman–Crippen LogP) is 4.53. The molecular formula is C16H13N3S. The quantitative estimate of drug-likeness (QED) is 0.749. The van der Waals surface area contributed by atoms with E-state index in [1.165, 1.54) is 10.1 Å². The van der Waals surface area contributed by atoms with Gasteiger partial charge in [-0.15, -0.1) is 11.3 Å². The van der Waals surface area contributed by atoms with Crippen LogP contribution in [0.3, 0.4) is 0 Å². The first-order chi connectivity index (χ1) is 9.67. The lowest BCUT2D eigenvalue weighted by molar-refractivity contribution is 1.11. The molecule has 3 aromatic rings. The zero-order valence-corrected chi connectivity index (χ0v) is 12.1. The minimum absolute atomic E-state index is 0.598. The van der Waals surface area contributed by atoms with Crippen molar-refractivity contribution in [2.75, 3.05) is 5.32 Å². The molecule has 2 aromatic heterocycles. The van der Waals surface area contributed by atoms with Gasteiger partial charge in [0.05, 0.1) is 16.9 Å². The second-order valence-electron chi connectivity index (χ2n) is 4.68. The average Bonchev–Trinajstić information content (AvgIpc) is 2.85. The van der Waals surface area contributed by atoms with E-state index < -0.39 is 0 Å². The second kappa shape index (κ2) is 4.95. The van der Waals surface area contributed by atoms with Gasteiger partial charge in [-0.25, -0.2) is 0 Å². The maximum Gasteiger partial charge on any atom is 0.103 e. The van der Waals surface area contributed by atoms with Crippen LogP contribution in [0.2, 0.25) is 0 Å². The number of nitrogens with one attached hydrogen (secondary N) is 1. The highest BCUT2D eigenvalue weighted by Gasteiger charge is 2.08. The van der Waals surface area contributed by atoms with Crippen LogP contribution in [0, 0.1) is 25.2 Å². The van der Waals surface area contributed by atoms with Crippen LogP contribution in [0.5, 0.6) is 0 Å². The number of nitriles is 1. The van der Waals surface area contributed by atoms with Gasteiger partial charge in [-0.3, -0.25) is 4.98 Å². The molecule has 0 amide bonds. The second-order valence-corrected chi connectivity index (χ2v) is 5.63. The van der Waals surface area contributed by atoms with E-state index in [4.69, 9.17) is 0 Å². The van der Waals surface area contributed by atoms with E-state index in [-0.39, 0.29) is 0 Å². The van der Waals surface area contributed by atoms with E-state index in [1.54, 1.807) is 11.3 Å². The lowest BCUT2D eigenvalue weighted by Crippen LogP contribution is -1.99. The summed E-state index contributed by atoms with van der Waals surface area (Å²) in [5.74, 6) is 0. The molecule has 1 N–H and O–H groups in total. The van der Waals surface area contributed by atoms with E-state index in [0.717, 1.165) is 22.8 Å². The summed E-state index contributed by atoms with van der Waals surface area (Å²) in [6.07, 6.45) is 0. The molecule has 0 radical (unpaired) electrons. The van der Waals surface area contributed by atoms with Gasteiger partial charge < -0.3 is 5.32 Å². The highest BCUT2D eigenvalue weighted by Crippen LogP contribution is 2.28. The molecular weight excluding hydrogens is 266 g/mol. The molecule has 4 heteroatoms. The van der Waals surface area contributed by atoms with Crippen molar-refractivity contribution in [1.82, 2.24) is 4.98 Å². The van der Waals surface area contributed by atoms with Crippen LogP contribution in [0.4, 0.5) is 11.4 Å². The van der Waals surface area contributed by atoms with Gasteiger partial charge in [0, 0.05) is 16.1 Å². The zero-order chi connectivity index (χ0) is 14.1. The monoisotopic (exact) mass is 279 g/mol. The van der Waals surface area contributed by atoms with Gasteiger partial charge in [0.2, 0.25) is 0 Å². The normalized spacial score (nSPS) is 10.4. The van der Waals surface area contributed by atoms with Crippen molar-refractivity contribution < 1.29 is 0 Å². The van der Waals surface area contributed by atoms with Gasteiger partial charge in [-0.1, -0.05) is 0 Å². The van der Waals surface area contributed by atoms with Crippen LogP contribution in [-0.2, 0) is 0 Å². The molecule has 0 spiro atoms. The number of aryl methyl sites for hydroxylation is 2. The first-order valence-corrected chi connectivity index (χ1v) is 7.18. The molecule has 0 bridgehead atoms. The molecule has 98 valence electrons. The Kier molecular flexibility index (Phi) is 3.13. The molecule has 0 unspecified atom stereocenters. The molecule has 20 heavy (non-hydrogen) atoms. The summed E-state index contributed by atoms with van der Waals surface area (Å²) in [4.78, 5) is 4.33. The molecule has 3 rings (SSSR count). The van der Waals surface area contributed by atoms with E-state index in [2.05, 4.69) is 39.9 Å². The van der Waals surface area contributed by atoms with Crippen LogP contribution in [-0.4, -0.2) is 4.98 Å². The summed E-state index contributed by atoms with van der Waals surface area (Å²) in [7, 11) is 0. The summed E-state index contributed by atoms with van der Waals surface area (Å²) in [6.45, 7) is 3.79. The number of benzene rings is 1. The smallest absolute Gasteiger partial charge is 0.103 e. The lowest BCUT2D eigenvalue weighted by Gasteiger charge is -2.11. The Morgan fingerprint density at radius 1 is 1.20 bits per heavy atom. The summed E-state index contributed by atoms with van der Waals surface area (Å²) in [5.41, 5.74) is 4.05. The van der Waals surface area contributed by atoms with Crippen LogP contribution in [0.15, 0.2) is 35.7 Å². The van der Waals surface area contributed by atoms with Gasteiger partial charge in [0.1, 0.15) is 6.07 Å². The Morgan fingerprint density at radius 3 is 2.85 bits per heavy atom. The van der Waals surface area contributed by atoms with Crippen molar-refractivity contribution >= 4 is 32.8 Å². The summed E-state index contributed by atoms with van der Waals surface area (Å²) >= 11 is 1.72. The molecule has 0 aliphatic carbocycles. The molecule has 0 aliphatic heterocycles. The number of aromatic nitrogens is 1. The minimum Gasteiger partial charge on any atom is -0.354 e. The van der Waals surface area contributed by atoms with Crippen LogP contribution in [0.25, 0.3) is 10.1 Å². The van der Waals surface area contributed by atoms with Crippen molar-refractivity contribution in [2.24, 2.45) is 0 Å². The topological polar surface area (TPSA) is 48.7 Å². The van der Waals surface area contributed by atoms with Gasteiger partial charge >= 0.3 is 0 Å². The number of nitrogens with zero attached hydrogens (tertiary/aromatic N) is 2. The van der Waals surface area contributed by atoms with Crippen molar-refractivity contribution in [3.8, 4) is 6.07 Å². The Balaban J connectivity index is 2.04. The minimum atomic E-state index is 0.598. The third-order valence-corrected chi connectivity index (χ3v) is 4.07. The fourth-order valence-corrected chi connectivity index (χ4v) is 3.04. The van der Waals surface area contributed by atoms with Gasteiger partial charge in [0.15, 0.2) is 0 Å². The molecule has 0 atom stereocenters. The lowest BCUT2D eigenvalue weighted by atomic mass is 10.1. The van der Waals surface area contributed by atoms with E-state index in [9.17, 15) is 5.26 Å². The fraction of sp³-hybridized carbons (Fsp3) is 0.125. The number of hydrogen-bond donors (Lipinski definition) is 1. The standard InChI is InChI=1S/C16H13N3S/c1-10-7-15(14(9-17)11(2)18-10)19-13-3-4-16-12(8-13)5-6-20-16/h3-8H,1-2H3,(H,18,19). The number of hydrogen-bond acceptors (Lipinski definition) is 4. The molecule has 2 heterocycles. The van der Waals surface area contributed by atoms with Crippen LogP contribution < -0.4 is 5.32 Å². The summed E-state index contributed by atoms with van der Waals surface area (Å²) in [6, 6.07) is 12.4. The Bertz CT molecular complexity index is 827. The van der Waals surface area contributed by atoms with Crippen LogP contribution in [0.1, 0.15) is 17.0 Å². The Hall–Kier alpha value is -2.38. The predicted molar refractivity (Wildman–Crippen MR) is 83.5 cm³/mol. The first-order valence-electron chi connectivity index (χ1n) is 6.30. The van der Waals surface area contributed by atoms with E-state index in [0.29, 0.717) is 5.56 Å². The molecule has 0 saturated carbocycles. The van der Waals surface area contributed by atoms with Gasteiger partial charge in [0.25, 0.3) is 0 Å². The summed E-state index contributed by atoms with van der Waals surface area (Å²) in [5, 5.41) is 15.9. The third kappa shape index (κ3) is 2.24. The van der Waals surface area contributed by atoms with E-state index in [1.807, 2.05) is 26.0 Å². The fourth-order valence-electron chi connectivity index (χ4n) is 2.27. The number of fused-ring (bicyclic) bond motifs is 1. The maximum atomic E-state index is 9.28. The molecule has 0 saturated heterocycles. The first kappa shape index (κ1) is 12.6. The SMILES string of the molecule is Cc1cc(Nc2ccc3sccc3c2)c(C#N)c(C)n1. The number of anilines is 2. The highest BCUT2D eigenvalue weighted by molar-refractivity contribution is 7.17. The molecule has 0 fully saturated rings. The summed E-state index contributed by atoms with van der Waals surface area (Å²) < 4.78 is 1.26. The maximum absolute atomic E-state index is 9.28. The molecule has 3 nitrogen and oxygen atoms in total. The Morgan fingerprint density at radius 2 is 2.05 bits per heavy atom. The van der Waals surface area contributed by atoms with Gasteiger partial charge in [-0.2, -0.15) is 5.26 Å². The van der Waals surface area contributed by atoms with Crippen molar-refractivity contribution in [3.05, 3.63) is 52.7 Å². The van der Waals surface area contributed by atoms with Gasteiger partial charge in [-0.05, 0) is 54.9 Å². The molecule has 1 aromatic carbocycles.